The van der Waals surface area contributed by atoms with Gasteiger partial charge >= 0.3 is 0 Å². The van der Waals surface area contributed by atoms with Gasteiger partial charge in [-0.3, -0.25) is 0 Å². The van der Waals surface area contributed by atoms with E-state index in [4.69, 9.17) is 15.2 Å². The lowest BCUT2D eigenvalue weighted by Gasteiger charge is -2.25. The molecule has 7 heteroatoms. The number of nitrogens with two attached hydrogens (primary N) is 1. The lowest BCUT2D eigenvalue weighted by molar-refractivity contribution is 0.339. The summed E-state index contributed by atoms with van der Waals surface area (Å²) in [6, 6.07) is 2.08. The summed E-state index contributed by atoms with van der Waals surface area (Å²) in [7, 11) is 2.83. The van der Waals surface area contributed by atoms with Crippen LogP contribution in [0, 0.1) is 5.82 Å². The number of nitrogens with one attached hydrogen (secondary N) is 1. The summed E-state index contributed by atoms with van der Waals surface area (Å²) in [4.78, 5) is 8.79. The van der Waals surface area contributed by atoms with Gasteiger partial charge in [0.25, 0.3) is 0 Å². The van der Waals surface area contributed by atoms with E-state index < -0.39 is 5.82 Å². The van der Waals surface area contributed by atoms with Crippen LogP contribution in [0.1, 0.15) is 26.1 Å². The number of nitrogen functional groups attached to an aromatic ring is 1. The SMILES string of the molecule is COc1cc2c(N)nc(C3=CC(C)NC(C)C3)nc2c(F)c1OC. The molecule has 0 radical (unpaired) electrons. The van der Waals surface area contributed by atoms with E-state index in [-0.39, 0.29) is 34.9 Å². The topological polar surface area (TPSA) is 82.3 Å². The molecule has 3 rings (SSSR count). The van der Waals surface area contributed by atoms with Crippen molar-refractivity contribution >= 4 is 22.3 Å². The van der Waals surface area contributed by atoms with Crippen LogP contribution < -0.4 is 20.5 Å². The highest BCUT2D eigenvalue weighted by Crippen LogP contribution is 2.37. The van der Waals surface area contributed by atoms with Crippen molar-refractivity contribution in [2.75, 3.05) is 20.0 Å². The van der Waals surface area contributed by atoms with Crippen LogP contribution in [0.3, 0.4) is 0 Å². The maximum absolute atomic E-state index is 14.8. The average molecular weight is 332 g/mol. The molecule has 24 heavy (non-hydrogen) atoms. The van der Waals surface area contributed by atoms with Gasteiger partial charge in [0.15, 0.2) is 23.1 Å². The number of anilines is 1. The summed E-state index contributed by atoms with van der Waals surface area (Å²) in [6.07, 6.45) is 2.80. The van der Waals surface area contributed by atoms with Crippen molar-refractivity contribution in [1.29, 1.82) is 0 Å². The Morgan fingerprint density at radius 1 is 1.25 bits per heavy atom. The second-order valence-electron chi connectivity index (χ2n) is 6.01. The Balaban J connectivity index is 2.21. The van der Waals surface area contributed by atoms with Crippen molar-refractivity contribution < 1.29 is 13.9 Å². The van der Waals surface area contributed by atoms with E-state index in [2.05, 4.69) is 29.1 Å². The molecular formula is C17H21FN4O2. The Morgan fingerprint density at radius 2 is 2.00 bits per heavy atom. The first-order chi connectivity index (χ1) is 11.4. The fraction of sp³-hybridized carbons (Fsp3) is 0.412. The van der Waals surface area contributed by atoms with Crippen molar-refractivity contribution in [1.82, 2.24) is 15.3 Å². The van der Waals surface area contributed by atoms with Crippen molar-refractivity contribution in [3.8, 4) is 11.5 Å². The third-order valence-electron chi connectivity index (χ3n) is 4.12. The first kappa shape index (κ1) is 16.4. The normalized spacial score (nSPS) is 20.8. The van der Waals surface area contributed by atoms with Crippen LogP contribution in [0.25, 0.3) is 16.5 Å². The van der Waals surface area contributed by atoms with Gasteiger partial charge in [0.1, 0.15) is 11.3 Å². The predicted octanol–water partition coefficient (Wildman–Crippen LogP) is 2.52. The number of aromatic nitrogens is 2. The number of halogens is 1. The minimum Gasteiger partial charge on any atom is -0.493 e. The molecule has 1 aromatic heterocycles. The summed E-state index contributed by atoms with van der Waals surface area (Å²) in [5.41, 5.74) is 7.15. The maximum Gasteiger partial charge on any atom is 0.199 e. The Labute approximate surface area is 139 Å². The van der Waals surface area contributed by atoms with Gasteiger partial charge in [0.05, 0.1) is 14.2 Å². The van der Waals surface area contributed by atoms with Gasteiger partial charge in [-0.05, 0) is 31.9 Å². The van der Waals surface area contributed by atoms with Crippen molar-refractivity contribution in [3.05, 3.63) is 23.8 Å². The monoisotopic (exact) mass is 332 g/mol. The van der Waals surface area contributed by atoms with Crippen molar-refractivity contribution in [2.24, 2.45) is 0 Å². The zero-order valence-electron chi connectivity index (χ0n) is 14.2. The highest BCUT2D eigenvalue weighted by atomic mass is 19.1. The number of fused-ring (bicyclic) bond motifs is 1. The highest BCUT2D eigenvalue weighted by molar-refractivity contribution is 5.92. The predicted molar refractivity (Wildman–Crippen MR) is 91.7 cm³/mol. The molecule has 6 nitrogen and oxygen atoms in total. The van der Waals surface area contributed by atoms with Crippen LogP contribution in [0.15, 0.2) is 12.1 Å². The van der Waals surface area contributed by atoms with E-state index in [1.165, 1.54) is 14.2 Å². The Morgan fingerprint density at radius 3 is 2.62 bits per heavy atom. The van der Waals surface area contributed by atoms with Gasteiger partial charge in [-0.1, -0.05) is 6.08 Å². The second-order valence-corrected chi connectivity index (χ2v) is 6.01. The zero-order chi connectivity index (χ0) is 17.4. The van der Waals surface area contributed by atoms with Crippen molar-refractivity contribution in [3.63, 3.8) is 0 Å². The number of hydrogen-bond acceptors (Lipinski definition) is 6. The third-order valence-corrected chi connectivity index (χ3v) is 4.12. The van der Waals surface area contributed by atoms with Crippen LogP contribution >= 0.6 is 0 Å². The Hall–Kier alpha value is -2.41. The van der Waals surface area contributed by atoms with Gasteiger partial charge in [-0.2, -0.15) is 0 Å². The molecule has 0 fully saturated rings. The fourth-order valence-corrected chi connectivity index (χ4v) is 3.12. The molecule has 0 saturated carbocycles. The molecule has 1 aliphatic heterocycles. The van der Waals surface area contributed by atoms with Crippen LogP contribution in [0.2, 0.25) is 0 Å². The standard InChI is InChI=1S/C17H21FN4O2/c1-8-5-10(6-9(2)20-8)17-21-14-11(16(19)22-17)7-12(23-3)15(24-4)13(14)18/h5,7-9,20H,6H2,1-4H3,(H2,19,21,22). The van der Waals surface area contributed by atoms with Crippen LogP contribution in [-0.2, 0) is 0 Å². The van der Waals surface area contributed by atoms with Gasteiger partial charge in [0.2, 0.25) is 0 Å². The molecule has 2 atom stereocenters. The van der Waals surface area contributed by atoms with E-state index in [0.717, 1.165) is 12.0 Å². The van der Waals surface area contributed by atoms with Gasteiger partial charge in [0, 0.05) is 17.5 Å². The first-order valence-corrected chi connectivity index (χ1v) is 7.79. The van der Waals surface area contributed by atoms with Gasteiger partial charge in [-0.15, -0.1) is 0 Å². The highest BCUT2D eigenvalue weighted by Gasteiger charge is 2.22. The van der Waals surface area contributed by atoms with E-state index in [0.29, 0.717) is 11.2 Å². The molecular weight excluding hydrogens is 311 g/mol. The van der Waals surface area contributed by atoms with Crippen molar-refractivity contribution in [2.45, 2.75) is 32.4 Å². The van der Waals surface area contributed by atoms with Crippen LogP contribution in [-0.4, -0.2) is 36.3 Å². The molecule has 2 heterocycles. The summed E-state index contributed by atoms with van der Waals surface area (Å²) in [5, 5.41) is 3.81. The first-order valence-electron chi connectivity index (χ1n) is 7.79. The Kier molecular flexibility index (Phi) is 4.28. The van der Waals surface area contributed by atoms with Gasteiger partial charge in [-0.25, -0.2) is 14.4 Å². The number of benzene rings is 1. The molecule has 1 aliphatic rings. The van der Waals surface area contributed by atoms with Crippen LogP contribution in [0.4, 0.5) is 10.2 Å². The third kappa shape index (κ3) is 2.75. The lowest BCUT2D eigenvalue weighted by Crippen LogP contribution is -2.37. The van der Waals surface area contributed by atoms with Crippen LogP contribution in [0.5, 0.6) is 11.5 Å². The number of methoxy groups -OCH3 is 2. The second kappa shape index (κ2) is 6.24. The zero-order valence-corrected chi connectivity index (χ0v) is 14.2. The average Bonchev–Trinajstić information content (AvgIpc) is 2.54. The molecule has 0 saturated heterocycles. The van der Waals surface area contributed by atoms with E-state index in [1.807, 2.05) is 6.08 Å². The summed E-state index contributed by atoms with van der Waals surface area (Å²) >= 11 is 0. The smallest absolute Gasteiger partial charge is 0.199 e. The quantitative estimate of drug-likeness (QED) is 0.899. The molecule has 2 unspecified atom stereocenters. The Bertz CT molecular complexity index is 822. The number of rotatable bonds is 3. The molecule has 128 valence electrons. The lowest BCUT2D eigenvalue weighted by atomic mass is 9.99. The summed E-state index contributed by atoms with van der Waals surface area (Å²) < 4.78 is 25.1. The van der Waals surface area contributed by atoms with Gasteiger partial charge < -0.3 is 20.5 Å². The molecule has 0 aliphatic carbocycles. The minimum atomic E-state index is -0.599. The molecule has 1 aromatic carbocycles. The summed E-state index contributed by atoms with van der Waals surface area (Å²) in [5.74, 6) is 0.336. The molecule has 0 bridgehead atoms. The molecule has 3 N–H and O–H groups in total. The molecule has 0 spiro atoms. The number of ether oxygens (including phenoxy) is 2. The molecule has 0 amide bonds. The number of nitrogens with zero attached hydrogens (tertiary/aromatic N) is 2. The fourth-order valence-electron chi connectivity index (χ4n) is 3.12. The number of hydrogen-bond donors (Lipinski definition) is 2. The summed E-state index contributed by atoms with van der Waals surface area (Å²) in [6.45, 7) is 4.14. The maximum atomic E-state index is 14.8. The minimum absolute atomic E-state index is 0.00933. The largest absolute Gasteiger partial charge is 0.493 e. The van der Waals surface area contributed by atoms with E-state index >= 15 is 0 Å². The van der Waals surface area contributed by atoms with E-state index in [9.17, 15) is 4.39 Å². The van der Waals surface area contributed by atoms with E-state index in [1.54, 1.807) is 6.07 Å². The molecule has 2 aromatic rings.